The minimum absolute atomic E-state index is 0.0397. The molecule has 4 nitrogen and oxygen atoms in total. The number of benzene rings is 1. The highest BCUT2D eigenvalue weighted by Crippen LogP contribution is 2.17. The molecular formula is C10H9BrFNO3. The molecule has 0 aromatic heterocycles. The number of carboxylic acid groups (broad SMARTS) is 1. The second-order valence-corrected chi connectivity index (χ2v) is 3.88. The summed E-state index contributed by atoms with van der Waals surface area (Å²) in [5.74, 6) is -1.87. The molecule has 1 rings (SSSR count). The first-order valence-corrected chi connectivity index (χ1v) is 5.25. The summed E-state index contributed by atoms with van der Waals surface area (Å²) >= 11 is 3.05. The summed E-state index contributed by atoms with van der Waals surface area (Å²) in [6.07, 6.45) is -0.148. The molecule has 0 saturated carbocycles. The number of aliphatic carboxylic acids is 1. The van der Waals surface area contributed by atoms with Crippen LogP contribution < -0.4 is 5.32 Å². The van der Waals surface area contributed by atoms with Gasteiger partial charge in [-0.1, -0.05) is 0 Å². The molecule has 0 spiro atoms. The van der Waals surface area contributed by atoms with Crippen molar-refractivity contribution in [1.29, 1.82) is 0 Å². The Labute approximate surface area is 99.6 Å². The van der Waals surface area contributed by atoms with E-state index in [0.717, 1.165) is 6.07 Å². The lowest BCUT2D eigenvalue weighted by Crippen LogP contribution is -2.26. The monoisotopic (exact) mass is 289 g/mol. The smallest absolute Gasteiger partial charge is 0.305 e. The van der Waals surface area contributed by atoms with Crippen LogP contribution in [0.25, 0.3) is 0 Å². The van der Waals surface area contributed by atoms with Crippen molar-refractivity contribution in [2.45, 2.75) is 6.42 Å². The molecular weight excluding hydrogens is 281 g/mol. The Morgan fingerprint density at radius 2 is 2.12 bits per heavy atom. The third-order valence-electron chi connectivity index (χ3n) is 1.80. The van der Waals surface area contributed by atoms with E-state index in [9.17, 15) is 14.0 Å². The van der Waals surface area contributed by atoms with Crippen molar-refractivity contribution in [1.82, 2.24) is 5.32 Å². The van der Waals surface area contributed by atoms with E-state index in [0.29, 0.717) is 4.47 Å². The van der Waals surface area contributed by atoms with Gasteiger partial charge in [0, 0.05) is 11.0 Å². The second-order valence-electron chi connectivity index (χ2n) is 3.02. The van der Waals surface area contributed by atoms with Crippen molar-refractivity contribution in [3.05, 3.63) is 34.1 Å². The fraction of sp³-hybridized carbons (Fsp3) is 0.200. The number of carbonyl (C=O) groups excluding carboxylic acids is 1. The summed E-state index contributed by atoms with van der Waals surface area (Å²) in [5, 5.41) is 10.8. The molecule has 1 aromatic rings. The van der Waals surface area contributed by atoms with Gasteiger partial charge >= 0.3 is 5.97 Å². The molecule has 16 heavy (non-hydrogen) atoms. The molecule has 1 aromatic carbocycles. The molecule has 0 aliphatic carbocycles. The lowest BCUT2D eigenvalue weighted by atomic mass is 10.2. The largest absolute Gasteiger partial charge is 0.481 e. The Morgan fingerprint density at radius 1 is 1.44 bits per heavy atom. The molecule has 0 bridgehead atoms. The Morgan fingerprint density at radius 3 is 2.69 bits per heavy atom. The summed E-state index contributed by atoms with van der Waals surface area (Å²) in [6, 6.07) is 3.67. The summed E-state index contributed by atoms with van der Waals surface area (Å²) in [4.78, 5) is 21.7. The number of hydrogen-bond donors (Lipinski definition) is 2. The van der Waals surface area contributed by atoms with E-state index in [2.05, 4.69) is 21.2 Å². The van der Waals surface area contributed by atoms with Crippen LogP contribution >= 0.6 is 15.9 Å². The molecule has 2 N–H and O–H groups in total. The minimum atomic E-state index is -0.988. The van der Waals surface area contributed by atoms with Crippen molar-refractivity contribution in [2.24, 2.45) is 0 Å². The van der Waals surface area contributed by atoms with E-state index in [-0.39, 0.29) is 18.5 Å². The van der Waals surface area contributed by atoms with Gasteiger partial charge in [-0.15, -0.1) is 0 Å². The molecule has 6 heteroatoms. The maximum atomic E-state index is 12.7. The number of carboxylic acids is 1. The molecule has 0 atom stereocenters. The topological polar surface area (TPSA) is 66.4 Å². The molecule has 0 unspecified atom stereocenters. The summed E-state index contributed by atoms with van der Waals surface area (Å²) < 4.78 is 13.1. The number of amides is 1. The van der Waals surface area contributed by atoms with E-state index < -0.39 is 17.7 Å². The Hall–Kier alpha value is -1.43. The third kappa shape index (κ3) is 3.62. The van der Waals surface area contributed by atoms with Crippen molar-refractivity contribution in [3.8, 4) is 0 Å². The Bertz CT molecular complexity index is 423. The maximum absolute atomic E-state index is 12.7. The minimum Gasteiger partial charge on any atom is -0.481 e. The first-order chi connectivity index (χ1) is 7.50. The van der Waals surface area contributed by atoms with Crippen LogP contribution in [-0.4, -0.2) is 23.5 Å². The van der Waals surface area contributed by atoms with E-state index in [4.69, 9.17) is 5.11 Å². The average Bonchev–Trinajstić information content (AvgIpc) is 2.16. The number of nitrogens with one attached hydrogen (secondary N) is 1. The van der Waals surface area contributed by atoms with Gasteiger partial charge in [0.05, 0.1) is 12.0 Å². The van der Waals surface area contributed by atoms with Crippen molar-refractivity contribution < 1.29 is 19.1 Å². The quantitative estimate of drug-likeness (QED) is 0.888. The van der Waals surface area contributed by atoms with Crippen LogP contribution in [0.4, 0.5) is 4.39 Å². The van der Waals surface area contributed by atoms with Crippen LogP contribution in [-0.2, 0) is 4.79 Å². The fourth-order valence-corrected chi connectivity index (χ4v) is 1.58. The number of carbonyl (C=O) groups is 2. The van der Waals surface area contributed by atoms with Gasteiger partial charge in [0.2, 0.25) is 0 Å². The molecule has 0 heterocycles. The zero-order valence-corrected chi connectivity index (χ0v) is 9.75. The summed E-state index contributed by atoms with van der Waals surface area (Å²) in [7, 11) is 0. The first kappa shape index (κ1) is 12.6. The molecule has 1 amide bonds. The normalized spacial score (nSPS) is 9.88. The van der Waals surface area contributed by atoms with Crippen LogP contribution in [0.3, 0.4) is 0 Å². The first-order valence-electron chi connectivity index (χ1n) is 4.45. The lowest BCUT2D eigenvalue weighted by Gasteiger charge is -2.05. The van der Waals surface area contributed by atoms with E-state index >= 15 is 0 Å². The number of halogens is 2. The highest BCUT2D eigenvalue weighted by Gasteiger charge is 2.10. The predicted molar refractivity (Wildman–Crippen MR) is 58.7 cm³/mol. The van der Waals surface area contributed by atoms with Crippen LogP contribution in [0.15, 0.2) is 22.7 Å². The number of hydrogen-bond acceptors (Lipinski definition) is 2. The molecule has 0 saturated heterocycles. The van der Waals surface area contributed by atoms with E-state index in [1.54, 1.807) is 0 Å². The Kier molecular flexibility index (Phi) is 4.42. The van der Waals surface area contributed by atoms with Gasteiger partial charge in [-0.3, -0.25) is 9.59 Å². The van der Waals surface area contributed by atoms with Gasteiger partial charge in [0.1, 0.15) is 5.82 Å². The van der Waals surface area contributed by atoms with Gasteiger partial charge in [-0.25, -0.2) is 4.39 Å². The van der Waals surface area contributed by atoms with Crippen molar-refractivity contribution in [2.75, 3.05) is 6.54 Å². The highest BCUT2D eigenvalue weighted by atomic mass is 79.9. The van der Waals surface area contributed by atoms with Crippen LogP contribution in [0.1, 0.15) is 16.8 Å². The zero-order valence-electron chi connectivity index (χ0n) is 8.17. The van der Waals surface area contributed by atoms with Crippen LogP contribution in [0, 0.1) is 5.82 Å². The number of rotatable bonds is 4. The SMILES string of the molecule is O=C(O)CCNC(=O)c1ccc(F)cc1Br. The van der Waals surface area contributed by atoms with Gasteiger partial charge in [-0.2, -0.15) is 0 Å². The molecule has 0 fully saturated rings. The highest BCUT2D eigenvalue weighted by molar-refractivity contribution is 9.10. The van der Waals surface area contributed by atoms with Crippen molar-refractivity contribution >= 4 is 27.8 Å². The van der Waals surface area contributed by atoms with Gasteiger partial charge in [0.25, 0.3) is 5.91 Å². The van der Waals surface area contributed by atoms with Gasteiger partial charge in [-0.05, 0) is 34.1 Å². The Balaban J connectivity index is 2.63. The molecule has 86 valence electrons. The van der Waals surface area contributed by atoms with Crippen LogP contribution in [0.2, 0.25) is 0 Å². The van der Waals surface area contributed by atoms with E-state index in [1.807, 2.05) is 0 Å². The summed E-state index contributed by atoms with van der Waals surface area (Å²) in [5.41, 5.74) is 0.270. The van der Waals surface area contributed by atoms with E-state index in [1.165, 1.54) is 12.1 Å². The van der Waals surface area contributed by atoms with Gasteiger partial charge in [0.15, 0.2) is 0 Å². The van der Waals surface area contributed by atoms with Crippen LogP contribution in [0.5, 0.6) is 0 Å². The zero-order chi connectivity index (χ0) is 12.1. The molecule has 0 radical (unpaired) electrons. The molecule has 0 aliphatic heterocycles. The standard InChI is InChI=1S/C10H9BrFNO3/c11-8-5-6(12)1-2-7(8)10(16)13-4-3-9(14)15/h1-2,5H,3-4H2,(H,13,16)(H,14,15). The van der Waals surface area contributed by atoms with Crippen molar-refractivity contribution in [3.63, 3.8) is 0 Å². The average molecular weight is 290 g/mol. The summed E-state index contributed by atoms with van der Waals surface area (Å²) in [6.45, 7) is 0.0397. The predicted octanol–water partition coefficient (Wildman–Crippen LogP) is 1.79. The fourth-order valence-electron chi connectivity index (χ4n) is 1.05. The van der Waals surface area contributed by atoms with Gasteiger partial charge < -0.3 is 10.4 Å². The lowest BCUT2D eigenvalue weighted by molar-refractivity contribution is -0.136. The third-order valence-corrected chi connectivity index (χ3v) is 2.46. The second kappa shape index (κ2) is 5.60. The molecule has 0 aliphatic rings. The maximum Gasteiger partial charge on any atom is 0.305 e.